The second-order valence-corrected chi connectivity index (χ2v) is 7.80. The van der Waals surface area contributed by atoms with Crippen molar-refractivity contribution >= 4 is 49.7 Å². The number of hydrogen-bond acceptors (Lipinski definition) is 6. The van der Waals surface area contributed by atoms with Crippen LogP contribution in [0.15, 0.2) is 62.7 Å². The molecule has 0 spiro atoms. The topological polar surface area (TPSA) is 112 Å². The van der Waals surface area contributed by atoms with Gasteiger partial charge in [0.15, 0.2) is 5.69 Å². The molecule has 0 radical (unpaired) electrons. The van der Waals surface area contributed by atoms with Gasteiger partial charge in [-0.15, -0.1) is 0 Å². The van der Waals surface area contributed by atoms with Gasteiger partial charge in [-0.3, -0.25) is 19.6 Å². The van der Waals surface area contributed by atoms with E-state index in [0.29, 0.717) is 22.3 Å². The number of hydrazone groups is 1. The van der Waals surface area contributed by atoms with Gasteiger partial charge < -0.3 is 4.74 Å². The lowest BCUT2D eigenvalue weighted by Crippen LogP contribution is -2.19. The SMILES string of the molecule is COc1ccc(Br)cc1/C=N\NC(=O)c1nn(Cc2ccc([N+](=O)[O-])cc2)cc1Br. The maximum absolute atomic E-state index is 12.4. The zero-order chi connectivity index (χ0) is 21.7. The summed E-state index contributed by atoms with van der Waals surface area (Å²) < 4.78 is 8.16. The van der Waals surface area contributed by atoms with Crippen molar-refractivity contribution in [3.05, 3.63) is 84.5 Å². The van der Waals surface area contributed by atoms with E-state index in [-0.39, 0.29) is 11.4 Å². The number of carbonyl (C=O) groups is 1. The average molecular weight is 537 g/mol. The quantitative estimate of drug-likeness (QED) is 0.277. The van der Waals surface area contributed by atoms with E-state index in [1.54, 1.807) is 36.2 Å². The van der Waals surface area contributed by atoms with Gasteiger partial charge in [0.05, 0.1) is 29.3 Å². The lowest BCUT2D eigenvalue weighted by molar-refractivity contribution is -0.384. The number of amides is 1. The lowest BCUT2D eigenvalue weighted by Gasteiger charge is -2.04. The first-order valence-electron chi connectivity index (χ1n) is 8.50. The second kappa shape index (κ2) is 9.63. The number of nitro groups is 1. The monoisotopic (exact) mass is 535 g/mol. The van der Waals surface area contributed by atoms with E-state index in [2.05, 4.69) is 47.5 Å². The molecule has 0 unspecified atom stereocenters. The minimum absolute atomic E-state index is 0.0143. The molecule has 0 saturated carbocycles. The van der Waals surface area contributed by atoms with Gasteiger partial charge in [-0.05, 0) is 39.7 Å². The number of aromatic nitrogens is 2. The van der Waals surface area contributed by atoms with Gasteiger partial charge in [0.1, 0.15) is 5.75 Å². The van der Waals surface area contributed by atoms with E-state index in [9.17, 15) is 14.9 Å². The molecule has 154 valence electrons. The number of nitrogens with one attached hydrogen (secondary N) is 1. The van der Waals surface area contributed by atoms with Crippen LogP contribution >= 0.6 is 31.9 Å². The van der Waals surface area contributed by atoms with Gasteiger partial charge in [0.2, 0.25) is 0 Å². The van der Waals surface area contributed by atoms with Crippen molar-refractivity contribution in [2.24, 2.45) is 5.10 Å². The Kier molecular flexibility index (Phi) is 6.95. The zero-order valence-corrected chi connectivity index (χ0v) is 18.8. The van der Waals surface area contributed by atoms with E-state index in [0.717, 1.165) is 10.0 Å². The zero-order valence-electron chi connectivity index (χ0n) is 15.6. The highest BCUT2D eigenvalue weighted by Crippen LogP contribution is 2.21. The number of carbonyl (C=O) groups excluding carboxylic acids is 1. The molecule has 0 aliphatic carbocycles. The molecule has 0 aliphatic rings. The highest BCUT2D eigenvalue weighted by molar-refractivity contribution is 9.10. The fraction of sp³-hybridized carbons (Fsp3) is 0.105. The highest BCUT2D eigenvalue weighted by atomic mass is 79.9. The number of halogens is 2. The van der Waals surface area contributed by atoms with Crippen molar-refractivity contribution in [1.82, 2.24) is 15.2 Å². The molecule has 1 aromatic heterocycles. The minimum atomic E-state index is -0.491. The van der Waals surface area contributed by atoms with E-state index < -0.39 is 10.8 Å². The predicted molar refractivity (Wildman–Crippen MR) is 118 cm³/mol. The van der Waals surface area contributed by atoms with Crippen LogP contribution in [0.5, 0.6) is 5.75 Å². The number of rotatable bonds is 7. The lowest BCUT2D eigenvalue weighted by atomic mass is 10.2. The first kappa shape index (κ1) is 21.7. The summed E-state index contributed by atoms with van der Waals surface area (Å²) >= 11 is 6.70. The smallest absolute Gasteiger partial charge is 0.293 e. The third-order valence-electron chi connectivity index (χ3n) is 3.99. The molecule has 2 aromatic carbocycles. The Labute approximate surface area is 188 Å². The molecular weight excluding hydrogens is 522 g/mol. The molecule has 0 aliphatic heterocycles. The molecular formula is C19H15Br2N5O4. The van der Waals surface area contributed by atoms with E-state index in [1.165, 1.54) is 18.3 Å². The second-order valence-electron chi connectivity index (χ2n) is 6.03. The van der Waals surface area contributed by atoms with Crippen molar-refractivity contribution in [2.45, 2.75) is 6.54 Å². The van der Waals surface area contributed by atoms with Crippen LogP contribution in [0.3, 0.4) is 0 Å². The fourth-order valence-corrected chi connectivity index (χ4v) is 3.44. The Morgan fingerprint density at radius 2 is 2.03 bits per heavy atom. The summed E-state index contributed by atoms with van der Waals surface area (Å²) in [6.07, 6.45) is 3.13. The Morgan fingerprint density at radius 3 is 2.70 bits per heavy atom. The summed E-state index contributed by atoms with van der Waals surface area (Å²) in [5, 5.41) is 19.0. The fourth-order valence-electron chi connectivity index (χ4n) is 2.56. The maximum atomic E-state index is 12.4. The summed E-state index contributed by atoms with van der Waals surface area (Å²) in [6.45, 7) is 0.350. The first-order chi connectivity index (χ1) is 14.4. The van der Waals surface area contributed by atoms with Crippen molar-refractivity contribution < 1.29 is 14.5 Å². The third-order valence-corrected chi connectivity index (χ3v) is 5.06. The van der Waals surface area contributed by atoms with Crippen LogP contribution in [-0.4, -0.2) is 33.9 Å². The summed E-state index contributed by atoms with van der Waals surface area (Å²) in [6, 6.07) is 11.6. The maximum Gasteiger partial charge on any atom is 0.293 e. The normalized spacial score (nSPS) is 10.9. The van der Waals surface area contributed by atoms with Crippen LogP contribution in [0.1, 0.15) is 21.6 Å². The van der Waals surface area contributed by atoms with Gasteiger partial charge in [0.25, 0.3) is 11.6 Å². The summed E-state index contributed by atoms with van der Waals surface area (Å²) in [5.41, 5.74) is 4.11. The number of hydrogen-bond donors (Lipinski definition) is 1. The first-order valence-corrected chi connectivity index (χ1v) is 10.1. The number of nitrogens with zero attached hydrogens (tertiary/aromatic N) is 4. The van der Waals surface area contributed by atoms with Crippen molar-refractivity contribution in [1.29, 1.82) is 0 Å². The predicted octanol–water partition coefficient (Wildman–Crippen LogP) is 4.14. The van der Waals surface area contributed by atoms with Gasteiger partial charge >= 0.3 is 0 Å². The molecule has 9 nitrogen and oxygen atoms in total. The number of non-ortho nitro benzene ring substituents is 1. The van der Waals surface area contributed by atoms with Crippen LogP contribution in [0.4, 0.5) is 5.69 Å². The number of benzene rings is 2. The molecule has 3 aromatic rings. The van der Waals surface area contributed by atoms with Gasteiger partial charge in [-0.25, -0.2) is 5.43 Å². The molecule has 1 amide bonds. The van der Waals surface area contributed by atoms with Crippen LogP contribution in [0, 0.1) is 10.1 Å². The van der Waals surface area contributed by atoms with Gasteiger partial charge in [-0.2, -0.15) is 10.2 Å². The van der Waals surface area contributed by atoms with Gasteiger partial charge in [0, 0.05) is 28.4 Å². The minimum Gasteiger partial charge on any atom is -0.496 e. The molecule has 0 atom stereocenters. The Balaban J connectivity index is 1.68. The number of nitro benzene ring substituents is 1. The summed E-state index contributed by atoms with van der Waals surface area (Å²) in [4.78, 5) is 22.7. The standard InChI is InChI=1S/C19H15Br2N5O4/c1-30-17-7-4-14(20)8-13(17)9-22-23-19(27)18-16(21)11-25(24-18)10-12-2-5-15(6-3-12)26(28)29/h2-9,11H,10H2,1H3,(H,23,27)/b22-9-. The van der Waals surface area contributed by atoms with Crippen molar-refractivity contribution in [3.8, 4) is 5.75 Å². The summed E-state index contributed by atoms with van der Waals surface area (Å²) in [5.74, 6) is 0.124. The van der Waals surface area contributed by atoms with Crippen LogP contribution in [-0.2, 0) is 6.54 Å². The van der Waals surface area contributed by atoms with Crippen LogP contribution < -0.4 is 10.2 Å². The molecule has 0 saturated heterocycles. The van der Waals surface area contributed by atoms with E-state index in [1.807, 2.05) is 12.1 Å². The molecule has 0 fully saturated rings. The Hall–Kier alpha value is -3.05. The van der Waals surface area contributed by atoms with E-state index in [4.69, 9.17) is 4.74 Å². The average Bonchev–Trinajstić information content (AvgIpc) is 3.08. The highest BCUT2D eigenvalue weighted by Gasteiger charge is 2.15. The number of ether oxygens (including phenoxy) is 1. The Bertz CT molecular complexity index is 1110. The molecule has 1 N–H and O–H groups in total. The van der Waals surface area contributed by atoms with Gasteiger partial charge in [-0.1, -0.05) is 28.1 Å². The van der Waals surface area contributed by atoms with Crippen molar-refractivity contribution in [2.75, 3.05) is 7.11 Å². The molecule has 0 bridgehead atoms. The largest absolute Gasteiger partial charge is 0.496 e. The number of methoxy groups -OCH3 is 1. The van der Waals surface area contributed by atoms with Crippen LogP contribution in [0.2, 0.25) is 0 Å². The molecule has 3 rings (SSSR count). The summed E-state index contributed by atoms with van der Waals surface area (Å²) in [7, 11) is 1.55. The molecule has 11 heteroatoms. The third kappa shape index (κ3) is 5.30. The van der Waals surface area contributed by atoms with E-state index >= 15 is 0 Å². The van der Waals surface area contributed by atoms with Crippen LogP contribution in [0.25, 0.3) is 0 Å². The molecule has 30 heavy (non-hydrogen) atoms. The van der Waals surface area contributed by atoms with Crippen molar-refractivity contribution in [3.63, 3.8) is 0 Å². The Morgan fingerprint density at radius 1 is 1.30 bits per heavy atom. The molecule has 1 heterocycles.